The van der Waals surface area contributed by atoms with Gasteiger partial charge in [0, 0.05) is 5.92 Å². The Balaban J connectivity index is 3.28. The third kappa shape index (κ3) is 23.8. The normalized spacial score (nSPS) is 12.3. The van der Waals surface area contributed by atoms with Gasteiger partial charge < -0.3 is 0 Å². The fourth-order valence-electron chi connectivity index (χ4n) is 4.37. The van der Waals surface area contributed by atoms with Gasteiger partial charge in [0.25, 0.3) is 0 Å². The van der Waals surface area contributed by atoms with E-state index in [2.05, 4.69) is 20.1 Å². The van der Waals surface area contributed by atoms with Gasteiger partial charge in [0.2, 0.25) is 6.29 Å². The summed E-state index contributed by atoms with van der Waals surface area (Å²) in [5.74, 6) is 0.215. The Morgan fingerprint density at radius 3 is 0.897 bits per heavy atom. The maximum Gasteiger partial charge on any atom is 0.201 e. The second-order valence-electron chi connectivity index (χ2n) is 9.46. The van der Waals surface area contributed by atoms with Gasteiger partial charge in [-0.05, 0) is 12.8 Å². The van der Waals surface area contributed by atoms with Gasteiger partial charge in [0.15, 0.2) is 0 Å². The van der Waals surface area contributed by atoms with Crippen LogP contribution >= 0.6 is 0 Å². The summed E-state index contributed by atoms with van der Waals surface area (Å²) in [6.45, 7) is 4.56. The molecule has 0 bridgehead atoms. The first kappa shape index (κ1) is 28.7. The summed E-state index contributed by atoms with van der Waals surface area (Å²) in [4.78, 5) is 11.2. The summed E-state index contributed by atoms with van der Waals surface area (Å²) in [7, 11) is 0. The zero-order valence-electron chi connectivity index (χ0n) is 20.5. The van der Waals surface area contributed by atoms with Crippen LogP contribution in [0.15, 0.2) is 0 Å². The van der Waals surface area contributed by atoms with Gasteiger partial charge in [-0.3, -0.25) is 4.79 Å². The van der Waals surface area contributed by atoms with E-state index in [1.54, 1.807) is 0 Å². The molecule has 0 aromatic rings. The van der Waals surface area contributed by atoms with Crippen LogP contribution in [-0.2, 0) is 4.79 Å². The Hall–Kier alpha value is -0.330. The van der Waals surface area contributed by atoms with Crippen molar-refractivity contribution in [2.45, 2.75) is 168 Å². The van der Waals surface area contributed by atoms with E-state index >= 15 is 0 Å². The van der Waals surface area contributed by atoms with Gasteiger partial charge >= 0.3 is 0 Å². The number of hydrogen-bond acceptors (Lipinski definition) is 1. The van der Waals surface area contributed by atoms with E-state index in [-0.39, 0.29) is 5.92 Å². The average molecular weight is 408 g/mol. The molecule has 0 aliphatic carbocycles. The number of hydrogen-bond donors (Lipinski definition) is 0. The zero-order valence-corrected chi connectivity index (χ0v) is 20.5. The zero-order chi connectivity index (χ0) is 21.3. The molecule has 0 saturated carbocycles. The average Bonchev–Trinajstić information content (AvgIpc) is 2.74. The van der Waals surface area contributed by atoms with Crippen molar-refractivity contribution >= 4 is 6.29 Å². The summed E-state index contributed by atoms with van der Waals surface area (Å²) in [6.07, 6.45) is 34.8. The topological polar surface area (TPSA) is 17.1 Å². The lowest BCUT2D eigenvalue weighted by Crippen LogP contribution is -2.02. The largest absolute Gasteiger partial charge is 0.291 e. The van der Waals surface area contributed by atoms with E-state index in [4.69, 9.17) is 0 Å². The first-order valence-electron chi connectivity index (χ1n) is 13.7. The van der Waals surface area contributed by atoms with Crippen molar-refractivity contribution in [2.75, 3.05) is 0 Å². The molecule has 1 atom stereocenters. The maximum atomic E-state index is 11.2. The standard InChI is InChI=1S/C28H55O/c1-3-5-7-9-11-13-15-16-18-20-22-24-26-28(27-29)25-23-21-19-17-14-12-10-8-6-4-2/h28H,3-26H2,1-2H3. The second kappa shape index (κ2) is 25.7. The van der Waals surface area contributed by atoms with Crippen LogP contribution in [0.3, 0.4) is 0 Å². The third-order valence-electron chi connectivity index (χ3n) is 6.48. The van der Waals surface area contributed by atoms with Gasteiger partial charge in [-0.1, -0.05) is 155 Å². The van der Waals surface area contributed by atoms with Crippen molar-refractivity contribution in [2.24, 2.45) is 5.92 Å². The minimum atomic E-state index is 0.215. The Kier molecular flexibility index (Phi) is 25.4. The SMILES string of the molecule is CCCCCCCCCCCCCCC([C]=O)CCCCCCCCCCCC. The molecule has 1 nitrogen and oxygen atoms in total. The number of carbonyl (C=O) groups excluding carboxylic acids is 1. The van der Waals surface area contributed by atoms with E-state index in [0.717, 1.165) is 12.8 Å². The highest BCUT2D eigenvalue weighted by Gasteiger charge is 2.07. The van der Waals surface area contributed by atoms with Crippen molar-refractivity contribution in [1.82, 2.24) is 0 Å². The molecule has 1 radical (unpaired) electrons. The van der Waals surface area contributed by atoms with Crippen molar-refractivity contribution in [3.05, 3.63) is 0 Å². The van der Waals surface area contributed by atoms with E-state index in [1.165, 1.54) is 141 Å². The molecule has 0 N–H and O–H groups in total. The summed E-state index contributed by atoms with van der Waals surface area (Å²) < 4.78 is 0. The summed E-state index contributed by atoms with van der Waals surface area (Å²) in [5, 5.41) is 0. The van der Waals surface area contributed by atoms with Gasteiger partial charge in [-0.2, -0.15) is 0 Å². The van der Waals surface area contributed by atoms with Gasteiger partial charge in [-0.15, -0.1) is 0 Å². The molecule has 0 fully saturated rings. The molecule has 0 aliphatic heterocycles. The Morgan fingerprint density at radius 2 is 0.655 bits per heavy atom. The Bertz CT molecular complexity index is 299. The smallest absolute Gasteiger partial charge is 0.201 e. The van der Waals surface area contributed by atoms with Gasteiger partial charge in [-0.25, -0.2) is 0 Å². The molecular weight excluding hydrogens is 352 g/mol. The van der Waals surface area contributed by atoms with Crippen LogP contribution in [0.5, 0.6) is 0 Å². The van der Waals surface area contributed by atoms with Crippen LogP contribution in [-0.4, -0.2) is 6.29 Å². The second-order valence-corrected chi connectivity index (χ2v) is 9.46. The summed E-state index contributed by atoms with van der Waals surface area (Å²) in [5.41, 5.74) is 0. The highest BCUT2D eigenvalue weighted by molar-refractivity contribution is 5.54. The van der Waals surface area contributed by atoms with E-state index in [1.807, 2.05) is 0 Å². The molecule has 0 aliphatic rings. The van der Waals surface area contributed by atoms with Crippen LogP contribution in [0.2, 0.25) is 0 Å². The predicted molar refractivity (Wildman–Crippen MR) is 131 cm³/mol. The fraction of sp³-hybridized carbons (Fsp3) is 0.964. The molecule has 0 saturated heterocycles. The molecule has 0 amide bonds. The van der Waals surface area contributed by atoms with Gasteiger partial charge in [0.05, 0.1) is 0 Å². The lowest BCUT2D eigenvalue weighted by molar-refractivity contribution is 0.448. The Morgan fingerprint density at radius 1 is 0.414 bits per heavy atom. The van der Waals surface area contributed by atoms with Crippen molar-refractivity contribution in [1.29, 1.82) is 0 Å². The molecule has 0 aromatic carbocycles. The predicted octanol–water partition coefficient (Wildman–Crippen LogP) is 10.1. The minimum Gasteiger partial charge on any atom is -0.291 e. The van der Waals surface area contributed by atoms with Crippen molar-refractivity contribution < 1.29 is 4.79 Å². The number of unbranched alkanes of at least 4 members (excludes halogenated alkanes) is 20. The van der Waals surface area contributed by atoms with Crippen LogP contribution < -0.4 is 0 Å². The molecule has 1 heteroatoms. The molecule has 29 heavy (non-hydrogen) atoms. The minimum absolute atomic E-state index is 0.215. The summed E-state index contributed by atoms with van der Waals surface area (Å²) >= 11 is 0. The molecule has 0 aromatic heterocycles. The van der Waals surface area contributed by atoms with E-state index in [0.29, 0.717) is 0 Å². The fourth-order valence-corrected chi connectivity index (χ4v) is 4.37. The molecule has 0 rings (SSSR count). The van der Waals surface area contributed by atoms with Crippen LogP contribution in [0.4, 0.5) is 0 Å². The summed E-state index contributed by atoms with van der Waals surface area (Å²) in [6, 6.07) is 0. The first-order valence-corrected chi connectivity index (χ1v) is 13.7. The lowest BCUT2D eigenvalue weighted by atomic mass is 9.95. The van der Waals surface area contributed by atoms with E-state index < -0.39 is 0 Å². The molecular formula is C28H55O. The first-order chi connectivity index (χ1) is 14.3. The Labute approximate surface area is 185 Å². The molecule has 0 spiro atoms. The van der Waals surface area contributed by atoms with Crippen LogP contribution in [0, 0.1) is 5.92 Å². The third-order valence-corrected chi connectivity index (χ3v) is 6.48. The van der Waals surface area contributed by atoms with Crippen LogP contribution in [0.1, 0.15) is 168 Å². The van der Waals surface area contributed by atoms with Crippen LogP contribution in [0.25, 0.3) is 0 Å². The highest BCUT2D eigenvalue weighted by Crippen LogP contribution is 2.18. The maximum absolute atomic E-state index is 11.2. The molecule has 1 unspecified atom stereocenters. The quantitative estimate of drug-likeness (QED) is 0.138. The van der Waals surface area contributed by atoms with Gasteiger partial charge in [0.1, 0.15) is 0 Å². The lowest BCUT2D eigenvalue weighted by Gasteiger charge is -2.09. The number of rotatable bonds is 25. The van der Waals surface area contributed by atoms with E-state index in [9.17, 15) is 4.79 Å². The molecule has 0 heterocycles. The molecule has 173 valence electrons. The highest BCUT2D eigenvalue weighted by atomic mass is 16.1. The monoisotopic (exact) mass is 407 g/mol. The van der Waals surface area contributed by atoms with Crippen molar-refractivity contribution in [3.63, 3.8) is 0 Å². The van der Waals surface area contributed by atoms with Crippen molar-refractivity contribution in [3.8, 4) is 0 Å².